The van der Waals surface area contributed by atoms with E-state index in [1.165, 1.54) is 6.26 Å². The van der Waals surface area contributed by atoms with Crippen molar-refractivity contribution < 1.29 is 13.2 Å². The molecule has 1 aromatic heterocycles. The summed E-state index contributed by atoms with van der Waals surface area (Å²) >= 11 is 3.42. The summed E-state index contributed by atoms with van der Waals surface area (Å²) in [6.45, 7) is 0. The quantitative estimate of drug-likeness (QED) is 0.704. The van der Waals surface area contributed by atoms with Gasteiger partial charge in [0.15, 0.2) is 9.84 Å². The maximum absolute atomic E-state index is 11.8. The Morgan fingerprint density at radius 1 is 1.12 bits per heavy atom. The highest BCUT2D eigenvalue weighted by Gasteiger charge is 2.11. The van der Waals surface area contributed by atoms with Crippen LogP contribution >= 0.6 is 15.9 Å². The molecule has 0 radical (unpaired) electrons. The van der Waals surface area contributed by atoms with Gasteiger partial charge < -0.3 is 10.1 Å². The molecule has 0 aliphatic heterocycles. The second-order valence-electron chi connectivity index (χ2n) is 5.28. The van der Waals surface area contributed by atoms with E-state index in [1.807, 2.05) is 24.3 Å². The Morgan fingerprint density at radius 2 is 1.92 bits per heavy atom. The number of hydrogen-bond donors (Lipinski definition) is 1. The standard InChI is InChI=1S/C17H15BrN2O3S/c1-23-17-9-11(3-5-14(17)18)20-16-7-8-19-15-6-4-12(10-13(15)16)24(2,21)22/h3-10H,1-2H3,(H,19,20). The number of rotatable bonds is 4. The summed E-state index contributed by atoms with van der Waals surface area (Å²) in [7, 11) is -1.68. The third-order valence-electron chi connectivity index (χ3n) is 3.57. The molecule has 5 nitrogen and oxygen atoms in total. The molecule has 7 heteroatoms. The van der Waals surface area contributed by atoms with Crippen molar-refractivity contribution in [1.29, 1.82) is 0 Å². The van der Waals surface area contributed by atoms with Crippen LogP contribution in [0.4, 0.5) is 11.4 Å². The van der Waals surface area contributed by atoms with Crippen LogP contribution in [-0.4, -0.2) is 26.8 Å². The zero-order valence-corrected chi connectivity index (χ0v) is 15.5. The monoisotopic (exact) mass is 406 g/mol. The minimum atomic E-state index is -3.28. The van der Waals surface area contributed by atoms with E-state index in [0.717, 1.165) is 26.8 Å². The van der Waals surface area contributed by atoms with Crippen LogP contribution in [0.5, 0.6) is 5.75 Å². The number of sulfone groups is 1. The number of hydrogen-bond acceptors (Lipinski definition) is 5. The molecule has 3 aromatic rings. The van der Waals surface area contributed by atoms with Gasteiger partial charge in [-0.1, -0.05) is 0 Å². The van der Waals surface area contributed by atoms with Gasteiger partial charge in [0.1, 0.15) is 5.75 Å². The van der Waals surface area contributed by atoms with Gasteiger partial charge in [0, 0.05) is 35.3 Å². The van der Waals surface area contributed by atoms with Crippen LogP contribution in [0.1, 0.15) is 0 Å². The molecule has 2 aromatic carbocycles. The van der Waals surface area contributed by atoms with Crippen LogP contribution in [0.3, 0.4) is 0 Å². The number of benzene rings is 2. The van der Waals surface area contributed by atoms with Gasteiger partial charge >= 0.3 is 0 Å². The van der Waals surface area contributed by atoms with Crippen LogP contribution in [0.2, 0.25) is 0 Å². The summed E-state index contributed by atoms with van der Waals surface area (Å²) in [5.74, 6) is 0.704. The predicted octanol–water partition coefficient (Wildman–Crippen LogP) is 4.15. The van der Waals surface area contributed by atoms with Crippen molar-refractivity contribution in [1.82, 2.24) is 4.98 Å². The van der Waals surface area contributed by atoms with Gasteiger partial charge in [-0.25, -0.2) is 8.42 Å². The lowest BCUT2D eigenvalue weighted by molar-refractivity contribution is 0.412. The first-order valence-corrected chi connectivity index (χ1v) is 9.76. The number of halogens is 1. The minimum absolute atomic E-state index is 0.263. The van der Waals surface area contributed by atoms with Gasteiger partial charge in [-0.2, -0.15) is 0 Å². The Morgan fingerprint density at radius 3 is 2.62 bits per heavy atom. The maximum atomic E-state index is 11.8. The van der Waals surface area contributed by atoms with Crippen molar-refractivity contribution in [2.45, 2.75) is 4.90 Å². The average Bonchev–Trinajstić information content (AvgIpc) is 2.55. The molecular weight excluding hydrogens is 392 g/mol. The first kappa shape index (κ1) is 16.7. The molecule has 3 rings (SSSR count). The lowest BCUT2D eigenvalue weighted by Crippen LogP contribution is -1.98. The summed E-state index contributed by atoms with van der Waals surface area (Å²) in [4.78, 5) is 4.55. The third kappa shape index (κ3) is 3.37. The lowest BCUT2D eigenvalue weighted by atomic mass is 10.2. The van der Waals surface area contributed by atoms with E-state index in [9.17, 15) is 8.42 Å². The van der Waals surface area contributed by atoms with Crippen molar-refractivity contribution in [3.63, 3.8) is 0 Å². The van der Waals surface area contributed by atoms with Gasteiger partial charge in [0.05, 0.1) is 22.0 Å². The molecule has 0 saturated carbocycles. The third-order valence-corrected chi connectivity index (χ3v) is 5.34. The highest BCUT2D eigenvalue weighted by atomic mass is 79.9. The molecule has 0 bridgehead atoms. The van der Waals surface area contributed by atoms with Crippen LogP contribution in [-0.2, 0) is 9.84 Å². The van der Waals surface area contributed by atoms with Crippen molar-refractivity contribution in [3.05, 3.63) is 53.1 Å². The first-order chi connectivity index (χ1) is 11.4. The average molecular weight is 407 g/mol. The minimum Gasteiger partial charge on any atom is -0.495 e. The molecule has 0 aliphatic carbocycles. The first-order valence-electron chi connectivity index (χ1n) is 7.08. The van der Waals surface area contributed by atoms with Gasteiger partial charge in [0.25, 0.3) is 0 Å². The topological polar surface area (TPSA) is 68.3 Å². The zero-order valence-electron chi connectivity index (χ0n) is 13.1. The normalized spacial score (nSPS) is 11.5. The highest BCUT2D eigenvalue weighted by Crippen LogP contribution is 2.32. The number of methoxy groups -OCH3 is 1. The summed E-state index contributed by atoms with van der Waals surface area (Å²) in [6, 6.07) is 12.4. The smallest absolute Gasteiger partial charge is 0.175 e. The van der Waals surface area contributed by atoms with Crippen LogP contribution < -0.4 is 10.1 Å². The number of aromatic nitrogens is 1. The maximum Gasteiger partial charge on any atom is 0.175 e. The largest absolute Gasteiger partial charge is 0.495 e. The Labute approximate surface area is 148 Å². The van der Waals surface area contributed by atoms with Gasteiger partial charge in [-0.3, -0.25) is 4.98 Å². The Hall–Kier alpha value is -2.12. The predicted molar refractivity (Wildman–Crippen MR) is 98.8 cm³/mol. The van der Waals surface area contributed by atoms with E-state index in [2.05, 4.69) is 26.2 Å². The fraction of sp³-hybridized carbons (Fsp3) is 0.118. The van der Waals surface area contributed by atoms with Gasteiger partial charge in [-0.05, 0) is 52.3 Å². The van der Waals surface area contributed by atoms with Gasteiger partial charge in [-0.15, -0.1) is 0 Å². The van der Waals surface area contributed by atoms with E-state index < -0.39 is 9.84 Å². The number of pyridine rings is 1. The SMILES string of the molecule is COc1cc(Nc2ccnc3ccc(S(C)(=O)=O)cc23)ccc1Br. The van der Waals surface area contributed by atoms with E-state index in [-0.39, 0.29) is 4.90 Å². The summed E-state index contributed by atoms with van der Waals surface area (Å²) < 4.78 is 29.8. The van der Waals surface area contributed by atoms with Crippen molar-refractivity contribution in [3.8, 4) is 5.75 Å². The van der Waals surface area contributed by atoms with E-state index >= 15 is 0 Å². The summed E-state index contributed by atoms with van der Waals surface area (Å²) in [5, 5.41) is 4.03. The molecule has 0 spiro atoms. The van der Waals surface area contributed by atoms with Gasteiger partial charge in [0.2, 0.25) is 0 Å². The molecule has 0 atom stereocenters. The summed E-state index contributed by atoms with van der Waals surface area (Å²) in [5.41, 5.74) is 2.32. The number of nitrogens with one attached hydrogen (secondary N) is 1. The molecular formula is C17H15BrN2O3S. The molecule has 124 valence electrons. The fourth-order valence-corrected chi connectivity index (χ4v) is 3.41. The fourth-order valence-electron chi connectivity index (χ4n) is 2.36. The zero-order chi connectivity index (χ0) is 17.3. The number of ether oxygens (including phenoxy) is 1. The lowest BCUT2D eigenvalue weighted by Gasteiger charge is -2.12. The molecule has 24 heavy (non-hydrogen) atoms. The molecule has 0 aliphatic rings. The molecule has 0 saturated heterocycles. The Kier molecular flexibility index (Phi) is 4.47. The highest BCUT2D eigenvalue weighted by molar-refractivity contribution is 9.10. The second-order valence-corrected chi connectivity index (χ2v) is 8.15. The van der Waals surface area contributed by atoms with E-state index in [0.29, 0.717) is 5.75 Å². The van der Waals surface area contributed by atoms with E-state index in [1.54, 1.807) is 31.5 Å². The number of fused-ring (bicyclic) bond motifs is 1. The second kappa shape index (κ2) is 6.41. The van der Waals surface area contributed by atoms with Crippen LogP contribution in [0.15, 0.2) is 58.0 Å². The molecule has 0 amide bonds. The van der Waals surface area contributed by atoms with Crippen LogP contribution in [0.25, 0.3) is 10.9 Å². The Bertz CT molecular complexity index is 1020. The summed E-state index contributed by atoms with van der Waals surface area (Å²) in [6.07, 6.45) is 2.87. The van der Waals surface area contributed by atoms with Crippen LogP contribution in [0, 0.1) is 0 Å². The number of nitrogens with zero attached hydrogens (tertiary/aromatic N) is 1. The number of anilines is 2. The molecule has 0 unspecified atom stereocenters. The van der Waals surface area contributed by atoms with E-state index in [4.69, 9.17) is 4.74 Å². The van der Waals surface area contributed by atoms with Crippen molar-refractivity contribution >= 4 is 48.0 Å². The Balaban J connectivity index is 2.09. The molecule has 1 heterocycles. The van der Waals surface area contributed by atoms with Crippen molar-refractivity contribution in [2.24, 2.45) is 0 Å². The van der Waals surface area contributed by atoms with Crippen molar-refractivity contribution in [2.75, 3.05) is 18.7 Å². The molecule has 1 N–H and O–H groups in total. The molecule has 0 fully saturated rings.